The normalized spacial score (nSPS) is 18.7. The molecule has 1 saturated heterocycles. The molecule has 0 aromatic heterocycles. The van der Waals surface area contributed by atoms with E-state index in [9.17, 15) is 21.6 Å². The third-order valence-electron chi connectivity index (χ3n) is 3.91. The molecule has 0 spiro atoms. The number of sulfonamides is 2. The lowest BCUT2D eigenvalue weighted by Crippen LogP contribution is -2.49. The number of likely N-dealkylation sites (tertiary alicyclic amines) is 1. The zero-order valence-electron chi connectivity index (χ0n) is 14.3. The maximum Gasteiger partial charge on any atom is 0.242 e. The highest BCUT2D eigenvalue weighted by molar-refractivity contribution is 7.89. The Morgan fingerprint density at radius 1 is 1.27 bits per heavy atom. The Bertz CT molecular complexity index is 858. The molecular formula is C15H22ClN3O5S2. The van der Waals surface area contributed by atoms with E-state index in [2.05, 4.69) is 9.44 Å². The maximum atomic E-state index is 12.3. The van der Waals surface area contributed by atoms with E-state index >= 15 is 0 Å². The van der Waals surface area contributed by atoms with Crippen molar-refractivity contribution in [3.63, 3.8) is 0 Å². The van der Waals surface area contributed by atoms with E-state index in [1.54, 1.807) is 17.0 Å². The van der Waals surface area contributed by atoms with Crippen LogP contribution in [0.25, 0.3) is 0 Å². The number of amides is 1. The Morgan fingerprint density at radius 3 is 2.62 bits per heavy atom. The van der Waals surface area contributed by atoms with Crippen molar-refractivity contribution in [2.45, 2.75) is 30.2 Å². The Morgan fingerprint density at radius 2 is 1.96 bits per heavy atom. The summed E-state index contributed by atoms with van der Waals surface area (Å²) in [6, 6.07) is 5.74. The summed E-state index contributed by atoms with van der Waals surface area (Å²) in [5.41, 5.74) is 0. The Hall–Kier alpha value is -1.20. The van der Waals surface area contributed by atoms with Gasteiger partial charge in [-0.25, -0.2) is 26.3 Å². The van der Waals surface area contributed by atoms with Gasteiger partial charge in [0.15, 0.2) is 0 Å². The number of piperidine rings is 1. The molecule has 1 fully saturated rings. The van der Waals surface area contributed by atoms with Crippen molar-refractivity contribution in [3.8, 4) is 0 Å². The molecule has 2 N–H and O–H groups in total. The number of halogens is 1. The molecule has 11 heteroatoms. The highest BCUT2D eigenvalue weighted by Gasteiger charge is 2.25. The summed E-state index contributed by atoms with van der Waals surface area (Å²) in [5.74, 6) is -0.230. The SMILES string of the molecule is CS(=O)(=O)NC1CCCN(C(=O)CCNS(=O)(=O)c2ccccc2Cl)C1. The quantitative estimate of drug-likeness (QED) is 0.664. The summed E-state index contributed by atoms with van der Waals surface area (Å²) < 4.78 is 51.9. The standard InChI is InChI=1S/C15H22ClN3O5S2/c1-25(21,22)18-12-5-4-10-19(11-12)15(20)8-9-17-26(23,24)14-7-3-2-6-13(14)16/h2-3,6-7,12,17-18H,4-5,8-11H2,1H3. The highest BCUT2D eigenvalue weighted by atomic mass is 35.5. The second-order valence-corrected chi connectivity index (χ2v) is 10.1. The lowest BCUT2D eigenvalue weighted by molar-refractivity contribution is -0.132. The number of hydrogen-bond donors (Lipinski definition) is 2. The first kappa shape index (κ1) is 21.1. The molecule has 1 unspecified atom stereocenters. The van der Waals surface area contributed by atoms with Gasteiger partial charge in [0.25, 0.3) is 0 Å². The summed E-state index contributed by atoms with van der Waals surface area (Å²) in [4.78, 5) is 13.8. The van der Waals surface area contributed by atoms with Crippen molar-refractivity contribution in [1.82, 2.24) is 14.3 Å². The van der Waals surface area contributed by atoms with Crippen LogP contribution < -0.4 is 9.44 Å². The first-order valence-corrected chi connectivity index (χ1v) is 11.8. The summed E-state index contributed by atoms with van der Waals surface area (Å²) in [6.07, 6.45) is 2.41. The lowest BCUT2D eigenvalue weighted by Gasteiger charge is -2.32. The van der Waals surface area contributed by atoms with Crippen LogP contribution in [0.4, 0.5) is 0 Å². The predicted molar refractivity (Wildman–Crippen MR) is 98.8 cm³/mol. The molecule has 1 amide bonds. The Kier molecular flexibility index (Phi) is 7.03. The number of nitrogens with one attached hydrogen (secondary N) is 2. The minimum Gasteiger partial charge on any atom is -0.341 e. The van der Waals surface area contributed by atoms with Crippen LogP contribution in [-0.4, -0.2) is 59.6 Å². The molecule has 1 aliphatic rings. The van der Waals surface area contributed by atoms with E-state index in [-0.39, 0.29) is 41.4 Å². The molecule has 1 atom stereocenters. The van der Waals surface area contributed by atoms with Crippen LogP contribution in [0.1, 0.15) is 19.3 Å². The zero-order valence-corrected chi connectivity index (χ0v) is 16.7. The fourth-order valence-corrected chi connectivity index (χ4v) is 5.14. The second-order valence-electron chi connectivity index (χ2n) is 6.15. The summed E-state index contributed by atoms with van der Waals surface area (Å²) >= 11 is 5.89. The van der Waals surface area contributed by atoms with Gasteiger partial charge in [0.1, 0.15) is 4.90 Å². The van der Waals surface area contributed by atoms with Gasteiger partial charge >= 0.3 is 0 Å². The second kappa shape index (κ2) is 8.66. The van der Waals surface area contributed by atoms with E-state index in [0.717, 1.165) is 6.26 Å². The molecule has 0 bridgehead atoms. The molecular weight excluding hydrogens is 402 g/mol. The molecule has 146 valence electrons. The van der Waals surface area contributed by atoms with Crippen molar-refractivity contribution in [2.75, 3.05) is 25.9 Å². The topological polar surface area (TPSA) is 113 Å². The predicted octanol–water partition coefficient (Wildman–Crippen LogP) is 0.549. The largest absolute Gasteiger partial charge is 0.341 e. The van der Waals surface area contributed by atoms with Gasteiger partial charge in [0.05, 0.1) is 11.3 Å². The number of benzene rings is 1. The third-order valence-corrected chi connectivity index (χ3v) is 6.63. The molecule has 1 aromatic rings. The molecule has 1 aliphatic heterocycles. The molecule has 0 aliphatic carbocycles. The molecule has 0 radical (unpaired) electrons. The minimum atomic E-state index is -3.80. The molecule has 1 heterocycles. The average Bonchev–Trinajstić information content (AvgIpc) is 2.53. The molecule has 0 saturated carbocycles. The van der Waals surface area contributed by atoms with Crippen LogP contribution >= 0.6 is 11.6 Å². The number of hydrogen-bond acceptors (Lipinski definition) is 5. The van der Waals surface area contributed by atoms with E-state index in [0.29, 0.717) is 19.4 Å². The smallest absolute Gasteiger partial charge is 0.242 e. The fraction of sp³-hybridized carbons (Fsp3) is 0.533. The maximum absolute atomic E-state index is 12.3. The van der Waals surface area contributed by atoms with Gasteiger partial charge in [-0.2, -0.15) is 0 Å². The van der Waals surface area contributed by atoms with E-state index < -0.39 is 20.0 Å². The Balaban J connectivity index is 1.87. The van der Waals surface area contributed by atoms with Crippen molar-refractivity contribution < 1.29 is 21.6 Å². The zero-order chi connectivity index (χ0) is 19.4. The van der Waals surface area contributed by atoms with E-state index in [4.69, 9.17) is 11.6 Å². The minimum absolute atomic E-state index is 0.0186. The first-order valence-electron chi connectivity index (χ1n) is 8.08. The third kappa shape index (κ3) is 6.20. The number of rotatable bonds is 7. The van der Waals surface area contributed by atoms with Crippen LogP contribution in [0.15, 0.2) is 29.2 Å². The highest BCUT2D eigenvalue weighted by Crippen LogP contribution is 2.20. The number of nitrogens with zero attached hydrogens (tertiary/aromatic N) is 1. The average molecular weight is 424 g/mol. The van der Waals surface area contributed by atoms with Gasteiger partial charge in [-0.05, 0) is 25.0 Å². The lowest BCUT2D eigenvalue weighted by atomic mass is 10.1. The number of carbonyl (C=O) groups is 1. The molecule has 2 rings (SSSR count). The van der Waals surface area contributed by atoms with Crippen molar-refractivity contribution >= 4 is 37.6 Å². The van der Waals surface area contributed by atoms with Crippen LogP contribution in [-0.2, 0) is 24.8 Å². The van der Waals surface area contributed by atoms with Gasteiger partial charge in [-0.3, -0.25) is 4.79 Å². The van der Waals surface area contributed by atoms with E-state index in [1.807, 2.05) is 0 Å². The van der Waals surface area contributed by atoms with Gasteiger partial charge in [-0.15, -0.1) is 0 Å². The van der Waals surface area contributed by atoms with Crippen LogP contribution in [0.5, 0.6) is 0 Å². The van der Waals surface area contributed by atoms with Gasteiger partial charge in [0.2, 0.25) is 26.0 Å². The van der Waals surface area contributed by atoms with E-state index in [1.165, 1.54) is 12.1 Å². The van der Waals surface area contributed by atoms with Crippen molar-refractivity contribution in [2.24, 2.45) is 0 Å². The van der Waals surface area contributed by atoms with Crippen LogP contribution in [0, 0.1) is 0 Å². The van der Waals surface area contributed by atoms with Gasteiger partial charge in [0, 0.05) is 32.1 Å². The molecule has 1 aromatic carbocycles. The molecule has 26 heavy (non-hydrogen) atoms. The van der Waals surface area contributed by atoms with Gasteiger partial charge in [-0.1, -0.05) is 23.7 Å². The molecule has 8 nitrogen and oxygen atoms in total. The monoisotopic (exact) mass is 423 g/mol. The Labute approximate surface area is 159 Å². The summed E-state index contributed by atoms with van der Waals surface area (Å²) in [5, 5.41) is 0.108. The number of carbonyl (C=O) groups excluding carboxylic acids is 1. The fourth-order valence-electron chi connectivity index (χ4n) is 2.79. The summed E-state index contributed by atoms with van der Waals surface area (Å²) in [6.45, 7) is 0.744. The van der Waals surface area contributed by atoms with Crippen LogP contribution in [0.3, 0.4) is 0 Å². The first-order chi connectivity index (χ1) is 12.1. The summed E-state index contributed by atoms with van der Waals surface area (Å²) in [7, 11) is -7.13. The van der Waals surface area contributed by atoms with Crippen molar-refractivity contribution in [3.05, 3.63) is 29.3 Å². The van der Waals surface area contributed by atoms with Crippen LogP contribution in [0.2, 0.25) is 5.02 Å². The van der Waals surface area contributed by atoms with Crippen molar-refractivity contribution in [1.29, 1.82) is 0 Å². The van der Waals surface area contributed by atoms with Gasteiger partial charge < -0.3 is 4.90 Å².